The zero-order valence-electron chi connectivity index (χ0n) is 18.3. The molecule has 1 aromatic carbocycles. The smallest absolute Gasteiger partial charge is 0.271 e. The summed E-state index contributed by atoms with van der Waals surface area (Å²) in [6.45, 7) is 4.47. The van der Waals surface area contributed by atoms with E-state index >= 15 is 0 Å². The lowest BCUT2D eigenvalue weighted by Gasteiger charge is -2.14. The van der Waals surface area contributed by atoms with E-state index in [1.165, 1.54) is 11.3 Å². The second-order valence-electron chi connectivity index (χ2n) is 7.47. The Labute approximate surface area is 190 Å². The van der Waals surface area contributed by atoms with Crippen molar-refractivity contribution in [1.82, 2.24) is 20.3 Å². The van der Waals surface area contributed by atoms with Gasteiger partial charge in [-0.3, -0.25) is 9.78 Å². The molecule has 0 fully saturated rings. The van der Waals surface area contributed by atoms with Crippen LogP contribution in [-0.4, -0.2) is 34.5 Å². The van der Waals surface area contributed by atoms with Crippen LogP contribution in [0.1, 0.15) is 40.3 Å². The molecule has 1 unspecified atom stereocenters. The van der Waals surface area contributed by atoms with Crippen LogP contribution in [0, 0.1) is 6.92 Å². The molecule has 0 aliphatic heterocycles. The number of nitrogens with zero attached hydrogens (tertiary/aromatic N) is 3. The van der Waals surface area contributed by atoms with Crippen LogP contribution in [-0.2, 0) is 6.42 Å². The van der Waals surface area contributed by atoms with E-state index < -0.39 is 0 Å². The van der Waals surface area contributed by atoms with Gasteiger partial charge in [-0.25, -0.2) is 9.97 Å². The topological polar surface area (TPSA) is 89.0 Å². The highest BCUT2D eigenvalue weighted by molar-refractivity contribution is 7.17. The van der Waals surface area contributed by atoms with Gasteiger partial charge in [0.1, 0.15) is 5.75 Å². The van der Waals surface area contributed by atoms with Crippen LogP contribution in [0.2, 0.25) is 0 Å². The lowest BCUT2D eigenvalue weighted by molar-refractivity contribution is 0.0951. The Kier molecular flexibility index (Phi) is 6.61. The quantitative estimate of drug-likeness (QED) is 0.412. The lowest BCUT2D eigenvalue weighted by Crippen LogP contribution is -2.27. The minimum absolute atomic E-state index is 0.100. The highest BCUT2D eigenvalue weighted by Gasteiger charge is 2.19. The molecule has 8 heteroatoms. The third-order valence-corrected chi connectivity index (χ3v) is 6.21. The first-order chi connectivity index (χ1) is 15.5. The monoisotopic (exact) mass is 447 g/mol. The number of hydrogen-bond acceptors (Lipinski definition) is 7. The molecule has 0 radical (unpaired) electrons. The largest absolute Gasteiger partial charge is 0.497 e. The van der Waals surface area contributed by atoms with Gasteiger partial charge in [-0.15, -0.1) is 11.3 Å². The van der Waals surface area contributed by atoms with Crippen molar-refractivity contribution in [3.8, 4) is 5.75 Å². The van der Waals surface area contributed by atoms with Crippen LogP contribution < -0.4 is 15.4 Å². The molecule has 1 atom stereocenters. The van der Waals surface area contributed by atoms with Gasteiger partial charge in [-0.05, 0) is 61.0 Å². The van der Waals surface area contributed by atoms with Crippen LogP contribution in [0.5, 0.6) is 5.75 Å². The van der Waals surface area contributed by atoms with Crippen LogP contribution in [0.25, 0.3) is 10.2 Å². The van der Waals surface area contributed by atoms with Crippen LogP contribution in [0.3, 0.4) is 0 Å². The zero-order valence-corrected chi connectivity index (χ0v) is 19.1. The zero-order chi connectivity index (χ0) is 22.5. The first-order valence-corrected chi connectivity index (χ1v) is 11.3. The number of pyridine rings is 1. The van der Waals surface area contributed by atoms with Crippen LogP contribution >= 0.6 is 11.3 Å². The van der Waals surface area contributed by atoms with E-state index in [2.05, 4.69) is 25.6 Å². The fourth-order valence-corrected chi connectivity index (χ4v) is 4.36. The number of methoxy groups -OCH3 is 1. The van der Waals surface area contributed by atoms with E-state index in [1.54, 1.807) is 13.3 Å². The summed E-state index contributed by atoms with van der Waals surface area (Å²) < 4.78 is 6.05. The molecule has 2 N–H and O–H groups in total. The van der Waals surface area contributed by atoms with Gasteiger partial charge in [0.05, 0.1) is 29.1 Å². The number of ether oxygens (including phenoxy) is 1. The van der Waals surface area contributed by atoms with Crippen molar-refractivity contribution >= 4 is 33.4 Å². The number of hydrogen-bond donors (Lipinski definition) is 2. The van der Waals surface area contributed by atoms with Crippen molar-refractivity contribution in [2.75, 3.05) is 19.0 Å². The molecule has 0 saturated carbocycles. The highest BCUT2D eigenvalue weighted by Crippen LogP contribution is 2.28. The third-order valence-electron chi connectivity index (χ3n) is 5.12. The standard InChI is InChI=1S/C24H25N5O2S/c1-15-14-32-22-20(15)28-24(27-16(2)19-9-4-5-11-25-19)29-21(22)23(30)26-12-10-17-7-6-8-18(13-17)31-3/h4-9,11,13-14,16H,10,12H2,1-3H3,(H,26,30)(H,27,28,29). The molecule has 0 aliphatic rings. The van der Waals surface area contributed by atoms with E-state index in [4.69, 9.17) is 4.74 Å². The van der Waals surface area contributed by atoms with E-state index in [9.17, 15) is 4.79 Å². The summed E-state index contributed by atoms with van der Waals surface area (Å²) in [4.78, 5) is 26.6. The van der Waals surface area contributed by atoms with Crippen LogP contribution in [0.4, 0.5) is 5.95 Å². The third kappa shape index (κ3) is 4.86. The van der Waals surface area contributed by atoms with Crippen molar-refractivity contribution in [2.45, 2.75) is 26.3 Å². The van der Waals surface area contributed by atoms with Crippen molar-refractivity contribution in [2.24, 2.45) is 0 Å². The van der Waals surface area contributed by atoms with E-state index in [-0.39, 0.29) is 11.9 Å². The number of rotatable bonds is 8. The molecule has 0 saturated heterocycles. The maximum absolute atomic E-state index is 13.0. The van der Waals surface area contributed by atoms with Crippen molar-refractivity contribution < 1.29 is 9.53 Å². The Morgan fingerprint density at radius 3 is 2.84 bits per heavy atom. The van der Waals surface area contributed by atoms with Crippen molar-refractivity contribution in [3.63, 3.8) is 0 Å². The molecule has 4 aromatic rings. The summed E-state index contributed by atoms with van der Waals surface area (Å²) in [5, 5.41) is 8.28. The molecule has 1 amide bonds. The Morgan fingerprint density at radius 1 is 1.19 bits per heavy atom. The minimum Gasteiger partial charge on any atom is -0.497 e. The van der Waals surface area contributed by atoms with Gasteiger partial charge in [-0.2, -0.15) is 0 Å². The van der Waals surface area contributed by atoms with E-state index in [1.807, 2.05) is 61.7 Å². The minimum atomic E-state index is -0.212. The number of thiophene rings is 1. The molecule has 4 rings (SSSR count). The predicted octanol–water partition coefficient (Wildman–Crippen LogP) is 4.55. The van der Waals surface area contributed by atoms with Crippen molar-refractivity contribution in [1.29, 1.82) is 0 Å². The Morgan fingerprint density at radius 2 is 2.06 bits per heavy atom. The fraction of sp³-hybridized carbons (Fsp3) is 0.250. The van der Waals surface area contributed by atoms with Gasteiger partial charge < -0.3 is 15.4 Å². The van der Waals surface area contributed by atoms with Gasteiger partial charge in [-0.1, -0.05) is 18.2 Å². The molecular formula is C24H25N5O2S. The number of carbonyl (C=O) groups excluding carboxylic acids is 1. The fourth-order valence-electron chi connectivity index (χ4n) is 3.38. The number of benzene rings is 1. The molecule has 7 nitrogen and oxygen atoms in total. The molecular weight excluding hydrogens is 422 g/mol. The first kappa shape index (κ1) is 21.7. The summed E-state index contributed by atoms with van der Waals surface area (Å²) >= 11 is 1.49. The summed E-state index contributed by atoms with van der Waals surface area (Å²) in [5.41, 5.74) is 4.16. The molecule has 32 heavy (non-hydrogen) atoms. The van der Waals surface area contributed by atoms with Gasteiger partial charge in [0.25, 0.3) is 5.91 Å². The average molecular weight is 448 g/mol. The Bertz CT molecular complexity index is 1230. The first-order valence-electron chi connectivity index (χ1n) is 10.4. The van der Waals surface area contributed by atoms with Gasteiger partial charge >= 0.3 is 0 Å². The van der Waals surface area contributed by atoms with E-state index in [0.29, 0.717) is 24.6 Å². The highest BCUT2D eigenvalue weighted by atomic mass is 32.1. The van der Waals surface area contributed by atoms with Crippen LogP contribution in [0.15, 0.2) is 54.0 Å². The number of carbonyl (C=O) groups is 1. The number of nitrogens with one attached hydrogen (secondary N) is 2. The Hall–Kier alpha value is -3.52. The molecule has 3 aromatic heterocycles. The molecule has 3 heterocycles. The maximum Gasteiger partial charge on any atom is 0.271 e. The summed E-state index contributed by atoms with van der Waals surface area (Å²) in [6.07, 6.45) is 2.45. The predicted molar refractivity (Wildman–Crippen MR) is 127 cm³/mol. The number of aryl methyl sites for hydroxylation is 1. The molecule has 0 bridgehead atoms. The van der Waals surface area contributed by atoms with Gasteiger partial charge in [0.2, 0.25) is 5.95 Å². The van der Waals surface area contributed by atoms with Gasteiger partial charge in [0.15, 0.2) is 5.69 Å². The number of aromatic nitrogens is 3. The second kappa shape index (κ2) is 9.74. The summed E-state index contributed by atoms with van der Waals surface area (Å²) in [5.74, 6) is 1.00. The molecule has 164 valence electrons. The molecule has 0 spiro atoms. The van der Waals surface area contributed by atoms with E-state index in [0.717, 1.165) is 32.8 Å². The maximum atomic E-state index is 13.0. The second-order valence-corrected chi connectivity index (χ2v) is 8.35. The van der Waals surface area contributed by atoms with Gasteiger partial charge in [0, 0.05) is 12.7 Å². The number of amides is 1. The molecule has 0 aliphatic carbocycles. The van der Waals surface area contributed by atoms with Crippen molar-refractivity contribution in [3.05, 3.63) is 76.6 Å². The SMILES string of the molecule is COc1cccc(CCNC(=O)c2nc(NC(C)c3ccccn3)nc3c(C)csc23)c1. The Balaban J connectivity index is 1.52. The number of anilines is 1. The summed E-state index contributed by atoms with van der Waals surface area (Å²) in [6, 6.07) is 13.5. The summed E-state index contributed by atoms with van der Waals surface area (Å²) in [7, 11) is 1.64. The average Bonchev–Trinajstić information content (AvgIpc) is 3.19. The normalized spacial score (nSPS) is 11.8. The number of fused-ring (bicyclic) bond motifs is 1. The lowest BCUT2D eigenvalue weighted by atomic mass is 10.1.